The van der Waals surface area contributed by atoms with E-state index in [9.17, 15) is 14.0 Å². The van der Waals surface area contributed by atoms with Gasteiger partial charge in [0.1, 0.15) is 5.82 Å². The number of nitrogens with zero attached hydrogens (tertiary/aromatic N) is 2. The summed E-state index contributed by atoms with van der Waals surface area (Å²) in [5.41, 5.74) is 3.69. The molecule has 1 N–H and O–H groups in total. The average Bonchev–Trinajstić information content (AvgIpc) is 3.06. The van der Waals surface area contributed by atoms with E-state index in [1.165, 1.54) is 6.07 Å². The predicted octanol–water partition coefficient (Wildman–Crippen LogP) is 4.01. The summed E-state index contributed by atoms with van der Waals surface area (Å²) in [5.74, 6) is -0.621. The Kier molecular flexibility index (Phi) is 5.57. The third-order valence-corrected chi connectivity index (χ3v) is 6.01. The molecular formula is C24H26FN3O2. The van der Waals surface area contributed by atoms with Crippen molar-refractivity contribution in [3.8, 4) is 0 Å². The number of amides is 2. The first kappa shape index (κ1) is 20.1. The number of likely N-dealkylation sites (tertiary alicyclic amines) is 1. The van der Waals surface area contributed by atoms with Crippen molar-refractivity contribution in [1.82, 2.24) is 14.8 Å². The molecule has 0 aliphatic carbocycles. The van der Waals surface area contributed by atoms with E-state index >= 15 is 0 Å². The zero-order valence-corrected chi connectivity index (χ0v) is 17.3. The first-order chi connectivity index (χ1) is 14.4. The van der Waals surface area contributed by atoms with Gasteiger partial charge in [-0.25, -0.2) is 4.39 Å². The number of para-hydroxylation sites is 1. The minimum atomic E-state index is -0.329. The Bertz CT molecular complexity index is 1090. The monoisotopic (exact) mass is 407 g/mol. The van der Waals surface area contributed by atoms with Crippen molar-refractivity contribution in [2.75, 3.05) is 13.6 Å². The van der Waals surface area contributed by atoms with E-state index in [2.05, 4.69) is 18.0 Å². The van der Waals surface area contributed by atoms with Crippen LogP contribution in [0, 0.1) is 18.7 Å². The molecule has 1 fully saturated rings. The molecule has 30 heavy (non-hydrogen) atoms. The van der Waals surface area contributed by atoms with Crippen LogP contribution in [0.25, 0.3) is 10.9 Å². The zero-order valence-electron chi connectivity index (χ0n) is 17.3. The number of hydrogen-bond acceptors (Lipinski definition) is 2. The summed E-state index contributed by atoms with van der Waals surface area (Å²) in [6, 6.07) is 14.5. The molecule has 1 aliphatic heterocycles. The number of carbonyl (C=O) groups excluding carboxylic acids is 2. The lowest BCUT2D eigenvalue weighted by atomic mass is 9.95. The molecule has 1 aromatic heterocycles. The van der Waals surface area contributed by atoms with Gasteiger partial charge >= 0.3 is 0 Å². The van der Waals surface area contributed by atoms with Crippen molar-refractivity contribution in [2.45, 2.75) is 32.9 Å². The van der Waals surface area contributed by atoms with Crippen molar-refractivity contribution >= 4 is 22.7 Å². The number of fused-ring (bicyclic) bond motifs is 1. The molecule has 0 spiro atoms. The number of aromatic amines is 1. The molecular weight excluding hydrogens is 381 g/mol. The topological polar surface area (TPSA) is 56.4 Å². The molecule has 6 heteroatoms. The second kappa shape index (κ2) is 8.30. The maximum atomic E-state index is 14.0. The molecule has 156 valence electrons. The maximum absolute atomic E-state index is 14.0. The number of benzene rings is 2. The van der Waals surface area contributed by atoms with Crippen LogP contribution in [0.4, 0.5) is 4.39 Å². The predicted molar refractivity (Wildman–Crippen MR) is 114 cm³/mol. The number of halogens is 1. The van der Waals surface area contributed by atoms with Crippen LogP contribution in [0.5, 0.6) is 0 Å². The molecule has 0 unspecified atom stereocenters. The van der Waals surface area contributed by atoms with Gasteiger partial charge in [-0.05, 0) is 31.0 Å². The second-order valence-electron chi connectivity index (χ2n) is 8.07. The molecule has 5 nitrogen and oxygen atoms in total. The lowest BCUT2D eigenvalue weighted by Gasteiger charge is -2.34. The van der Waals surface area contributed by atoms with E-state index in [1.807, 2.05) is 18.2 Å². The van der Waals surface area contributed by atoms with Crippen LogP contribution < -0.4 is 0 Å². The number of rotatable bonds is 5. The van der Waals surface area contributed by atoms with E-state index in [0.29, 0.717) is 31.5 Å². The SMILES string of the molecule is Cc1c(CN(C)C(=O)[C@@H]2CCC(=O)N(Cc3ccccc3F)C2)[nH]c2ccccc12. The molecule has 0 saturated carbocycles. The number of aromatic nitrogens is 1. The standard InChI is InChI=1S/C24H26FN3O2/c1-16-19-8-4-6-10-21(19)26-22(16)15-27(2)24(30)18-11-12-23(29)28(14-18)13-17-7-3-5-9-20(17)25/h3-10,18,26H,11-15H2,1-2H3/t18-/m1/s1. The summed E-state index contributed by atoms with van der Waals surface area (Å²) in [4.78, 5) is 32.2. The summed E-state index contributed by atoms with van der Waals surface area (Å²) in [6.07, 6.45) is 0.839. The van der Waals surface area contributed by atoms with Crippen molar-refractivity contribution in [3.63, 3.8) is 0 Å². The van der Waals surface area contributed by atoms with Crippen LogP contribution in [0.2, 0.25) is 0 Å². The summed E-state index contributed by atoms with van der Waals surface area (Å²) < 4.78 is 14.0. The smallest absolute Gasteiger partial charge is 0.227 e. The molecule has 3 aromatic rings. The van der Waals surface area contributed by atoms with Crippen LogP contribution in [0.3, 0.4) is 0 Å². The van der Waals surface area contributed by atoms with E-state index in [0.717, 1.165) is 22.2 Å². The molecule has 2 amide bonds. The third-order valence-electron chi connectivity index (χ3n) is 6.01. The van der Waals surface area contributed by atoms with Crippen LogP contribution in [0.15, 0.2) is 48.5 Å². The van der Waals surface area contributed by atoms with Crippen LogP contribution in [-0.4, -0.2) is 40.2 Å². The van der Waals surface area contributed by atoms with E-state index < -0.39 is 0 Å². The number of aryl methyl sites for hydroxylation is 1. The van der Waals surface area contributed by atoms with Gasteiger partial charge in [-0.15, -0.1) is 0 Å². The van der Waals surface area contributed by atoms with Crippen LogP contribution >= 0.6 is 0 Å². The van der Waals surface area contributed by atoms with Gasteiger partial charge in [-0.2, -0.15) is 0 Å². The quantitative estimate of drug-likeness (QED) is 0.695. The number of nitrogens with one attached hydrogen (secondary N) is 1. The van der Waals surface area contributed by atoms with Crippen molar-refractivity contribution in [2.24, 2.45) is 5.92 Å². The Labute approximate surface area is 175 Å². The van der Waals surface area contributed by atoms with Gasteiger partial charge in [0, 0.05) is 48.7 Å². The Balaban J connectivity index is 1.44. The normalized spacial score (nSPS) is 16.8. The van der Waals surface area contributed by atoms with Gasteiger partial charge in [-0.3, -0.25) is 9.59 Å². The fourth-order valence-corrected chi connectivity index (χ4v) is 4.22. The Morgan fingerprint density at radius 3 is 2.70 bits per heavy atom. The largest absolute Gasteiger partial charge is 0.357 e. The van der Waals surface area contributed by atoms with Gasteiger partial charge in [0.25, 0.3) is 0 Å². The summed E-state index contributed by atoms with van der Waals surface area (Å²) in [6.45, 7) is 3.06. The van der Waals surface area contributed by atoms with E-state index in [1.54, 1.807) is 35.0 Å². The van der Waals surface area contributed by atoms with Gasteiger partial charge in [-0.1, -0.05) is 36.4 Å². The van der Waals surface area contributed by atoms with E-state index in [-0.39, 0.29) is 30.1 Å². The summed E-state index contributed by atoms with van der Waals surface area (Å²) in [5, 5.41) is 1.16. The lowest BCUT2D eigenvalue weighted by Crippen LogP contribution is -2.45. The van der Waals surface area contributed by atoms with Crippen molar-refractivity contribution in [1.29, 1.82) is 0 Å². The van der Waals surface area contributed by atoms with Crippen LogP contribution in [-0.2, 0) is 22.7 Å². The Morgan fingerprint density at radius 2 is 1.93 bits per heavy atom. The van der Waals surface area contributed by atoms with Crippen molar-refractivity contribution in [3.05, 3.63) is 71.2 Å². The zero-order chi connectivity index (χ0) is 21.3. The molecule has 0 radical (unpaired) electrons. The maximum Gasteiger partial charge on any atom is 0.227 e. The third kappa shape index (κ3) is 3.95. The highest BCUT2D eigenvalue weighted by atomic mass is 19.1. The molecule has 1 atom stereocenters. The minimum absolute atomic E-state index is 0.0130. The average molecular weight is 407 g/mol. The highest BCUT2D eigenvalue weighted by Gasteiger charge is 2.32. The number of carbonyl (C=O) groups is 2. The first-order valence-electron chi connectivity index (χ1n) is 10.3. The van der Waals surface area contributed by atoms with Gasteiger partial charge in [0.05, 0.1) is 12.5 Å². The van der Waals surface area contributed by atoms with Gasteiger partial charge < -0.3 is 14.8 Å². The molecule has 1 saturated heterocycles. The van der Waals surface area contributed by atoms with Crippen molar-refractivity contribution < 1.29 is 14.0 Å². The van der Waals surface area contributed by atoms with E-state index in [4.69, 9.17) is 0 Å². The molecule has 2 aromatic carbocycles. The van der Waals surface area contributed by atoms with Crippen LogP contribution in [0.1, 0.15) is 29.7 Å². The first-order valence-corrected chi connectivity index (χ1v) is 10.3. The number of H-pyrrole nitrogens is 1. The highest BCUT2D eigenvalue weighted by Crippen LogP contribution is 2.25. The van der Waals surface area contributed by atoms with Gasteiger partial charge in [0.2, 0.25) is 11.8 Å². The fraction of sp³-hybridized carbons (Fsp3) is 0.333. The van der Waals surface area contributed by atoms with Gasteiger partial charge in [0.15, 0.2) is 0 Å². The molecule has 2 heterocycles. The fourth-order valence-electron chi connectivity index (χ4n) is 4.22. The number of hydrogen-bond donors (Lipinski definition) is 1. The second-order valence-corrected chi connectivity index (χ2v) is 8.07. The molecule has 0 bridgehead atoms. The Morgan fingerprint density at radius 1 is 1.20 bits per heavy atom. The number of piperidine rings is 1. The summed E-state index contributed by atoms with van der Waals surface area (Å²) >= 11 is 0. The lowest BCUT2D eigenvalue weighted by molar-refractivity contribution is -0.143. The summed E-state index contributed by atoms with van der Waals surface area (Å²) in [7, 11) is 1.80. The highest BCUT2D eigenvalue weighted by molar-refractivity contribution is 5.85. The minimum Gasteiger partial charge on any atom is -0.357 e. The molecule has 1 aliphatic rings. The molecule has 4 rings (SSSR count). The Hall–Kier alpha value is -3.15.